The van der Waals surface area contributed by atoms with E-state index in [1.54, 1.807) is 18.2 Å². The molecule has 0 aliphatic carbocycles. The van der Waals surface area contributed by atoms with Crippen LogP contribution in [0.15, 0.2) is 47.3 Å². The number of H-pyrrole nitrogens is 1. The molecule has 0 fully saturated rings. The maximum Gasteiger partial charge on any atom is 0.267 e. The minimum atomic E-state index is -0.760. The third kappa shape index (κ3) is 3.39. The Bertz CT molecular complexity index is 840. The molecule has 0 aliphatic rings. The van der Waals surface area contributed by atoms with Crippen LogP contribution < -0.4 is 0 Å². The maximum absolute atomic E-state index is 13.2. The van der Waals surface area contributed by atoms with Crippen LogP contribution in [-0.4, -0.2) is 26.7 Å². The van der Waals surface area contributed by atoms with Crippen molar-refractivity contribution >= 4 is 11.6 Å². The lowest BCUT2D eigenvalue weighted by Crippen LogP contribution is -2.18. The van der Waals surface area contributed by atoms with Crippen LogP contribution in [0.2, 0.25) is 0 Å². The summed E-state index contributed by atoms with van der Waals surface area (Å²) >= 11 is 0. The average Bonchev–Trinajstić information content (AvgIpc) is 3.19. The molecule has 6 nitrogen and oxygen atoms in total. The normalized spacial score (nSPS) is 10.7. The van der Waals surface area contributed by atoms with E-state index in [1.165, 1.54) is 24.7 Å². The number of carbonyl (C=O) groups excluding carboxylic acids is 2. The molecule has 7 heteroatoms. The number of halogens is 1. The van der Waals surface area contributed by atoms with Gasteiger partial charge in [-0.1, -0.05) is 12.1 Å². The first-order valence-corrected chi connectivity index (χ1v) is 6.86. The number of benzene rings is 1. The quantitative estimate of drug-likeness (QED) is 0.556. The highest BCUT2D eigenvalue weighted by atomic mass is 19.1. The molecule has 116 valence electrons. The van der Waals surface area contributed by atoms with Crippen molar-refractivity contribution in [1.82, 2.24) is 15.2 Å². The minimum absolute atomic E-state index is 0.117. The number of Topliss-reactive ketones (excluding diaryl/α,β-unsaturated/α-hetero) is 2. The van der Waals surface area contributed by atoms with Gasteiger partial charge in [0.05, 0.1) is 6.26 Å². The Hall–Kier alpha value is -3.09. The molecule has 0 radical (unpaired) electrons. The molecule has 2 aromatic heterocycles. The maximum atomic E-state index is 13.2. The fraction of sp³-hybridized carbons (Fsp3) is 0.125. The second-order valence-electron chi connectivity index (χ2n) is 4.93. The van der Waals surface area contributed by atoms with Crippen molar-refractivity contribution in [1.29, 1.82) is 0 Å². The van der Waals surface area contributed by atoms with Gasteiger partial charge in [-0.05, 0) is 23.8 Å². The van der Waals surface area contributed by atoms with E-state index in [0.29, 0.717) is 23.3 Å². The zero-order valence-corrected chi connectivity index (χ0v) is 12.0. The fourth-order valence-corrected chi connectivity index (χ4v) is 2.21. The number of furan rings is 1. The second kappa shape index (κ2) is 6.35. The number of hydrogen-bond donors (Lipinski definition) is 1. The number of aromatic nitrogens is 3. The Morgan fingerprint density at radius 2 is 2.13 bits per heavy atom. The number of hydrogen-bond acceptors (Lipinski definition) is 5. The molecule has 0 saturated heterocycles. The van der Waals surface area contributed by atoms with E-state index in [1.807, 2.05) is 0 Å². The van der Waals surface area contributed by atoms with Crippen molar-refractivity contribution < 1.29 is 18.4 Å². The highest BCUT2D eigenvalue weighted by Crippen LogP contribution is 2.17. The van der Waals surface area contributed by atoms with Gasteiger partial charge in [-0.2, -0.15) is 0 Å². The molecule has 1 N–H and O–H groups in total. The van der Waals surface area contributed by atoms with Gasteiger partial charge in [0, 0.05) is 18.4 Å². The van der Waals surface area contributed by atoms with Crippen LogP contribution in [0.3, 0.4) is 0 Å². The standard InChI is InChI=1S/C16H12FN3O3/c17-12-3-1-2-10(6-12)7-14-11(4-5-23-14)8-13(21)15(22)16-18-9-19-20-16/h1-6,9H,7-8H2,(H,18,19,20). The molecule has 23 heavy (non-hydrogen) atoms. The van der Waals surface area contributed by atoms with E-state index in [0.717, 1.165) is 0 Å². The lowest BCUT2D eigenvalue weighted by Gasteiger charge is -2.02. The third-order valence-corrected chi connectivity index (χ3v) is 3.31. The smallest absolute Gasteiger partial charge is 0.267 e. The number of ketones is 2. The van der Waals surface area contributed by atoms with Crippen LogP contribution in [0.25, 0.3) is 0 Å². The Morgan fingerprint density at radius 1 is 1.26 bits per heavy atom. The Kier molecular flexibility index (Phi) is 4.09. The Morgan fingerprint density at radius 3 is 2.87 bits per heavy atom. The summed E-state index contributed by atoms with van der Waals surface area (Å²) in [5, 5.41) is 5.98. The van der Waals surface area contributed by atoms with Gasteiger partial charge in [-0.25, -0.2) is 9.37 Å². The predicted molar refractivity (Wildman–Crippen MR) is 77.3 cm³/mol. The molecule has 2 heterocycles. The SMILES string of the molecule is O=C(Cc1ccoc1Cc1cccc(F)c1)C(=O)c1nc[nH]n1. The van der Waals surface area contributed by atoms with Gasteiger partial charge in [0.1, 0.15) is 17.9 Å². The van der Waals surface area contributed by atoms with Crippen molar-refractivity contribution in [2.45, 2.75) is 12.8 Å². The van der Waals surface area contributed by atoms with Gasteiger partial charge < -0.3 is 4.42 Å². The van der Waals surface area contributed by atoms with Crippen LogP contribution in [0, 0.1) is 5.82 Å². The van der Waals surface area contributed by atoms with Gasteiger partial charge in [-0.15, -0.1) is 5.10 Å². The highest BCUT2D eigenvalue weighted by Gasteiger charge is 2.22. The Labute approximate surface area is 130 Å². The summed E-state index contributed by atoms with van der Waals surface area (Å²) in [6.07, 6.45) is 2.89. The second-order valence-corrected chi connectivity index (χ2v) is 4.93. The fourth-order valence-electron chi connectivity index (χ4n) is 2.21. The first kappa shape index (κ1) is 14.8. The van der Waals surface area contributed by atoms with Crippen LogP contribution in [0.5, 0.6) is 0 Å². The van der Waals surface area contributed by atoms with Gasteiger partial charge in [0.15, 0.2) is 0 Å². The molecule has 3 rings (SSSR count). The van der Waals surface area contributed by atoms with E-state index in [4.69, 9.17) is 4.42 Å². The lowest BCUT2D eigenvalue weighted by atomic mass is 10.0. The molecule has 0 amide bonds. The first-order chi connectivity index (χ1) is 11.1. The number of rotatable bonds is 6. The third-order valence-electron chi connectivity index (χ3n) is 3.31. The summed E-state index contributed by atoms with van der Waals surface area (Å²) < 4.78 is 18.6. The largest absolute Gasteiger partial charge is 0.469 e. The van der Waals surface area contributed by atoms with E-state index >= 15 is 0 Å². The van der Waals surface area contributed by atoms with Crippen LogP contribution in [0.4, 0.5) is 4.39 Å². The molecule has 1 aromatic carbocycles. The van der Waals surface area contributed by atoms with E-state index < -0.39 is 11.6 Å². The average molecular weight is 313 g/mol. The van der Waals surface area contributed by atoms with Gasteiger partial charge in [-0.3, -0.25) is 14.7 Å². The van der Waals surface area contributed by atoms with Crippen LogP contribution in [-0.2, 0) is 17.6 Å². The molecule has 3 aromatic rings. The molecular formula is C16H12FN3O3. The van der Waals surface area contributed by atoms with Crippen molar-refractivity contribution in [3.05, 3.63) is 71.5 Å². The monoisotopic (exact) mass is 313 g/mol. The summed E-state index contributed by atoms with van der Waals surface area (Å²) in [5.41, 5.74) is 1.30. The van der Waals surface area contributed by atoms with Crippen LogP contribution >= 0.6 is 0 Å². The van der Waals surface area contributed by atoms with Crippen molar-refractivity contribution in [2.24, 2.45) is 0 Å². The van der Waals surface area contributed by atoms with E-state index in [-0.39, 0.29) is 18.1 Å². The predicted octanol–water partition coefficient (Wildman–Crippen LogP) is 2.12. The Balaban J connectivity index is 1.73. The summed E-state index contributed by atoms with van der Waals surface area (Å²) in [4.78, 5) is 27.6. The van der Waals surface area contributed by atoms with Crippen molar-refractivity contribution in [3.8, 4) is 0 Å². The number of nitrogens with zero attached hydrogens (tertiary/aromatic N) is 2. The zero-order chi connectivity index (χ0) is 16.2. The minimum Gasteiger partial charge on any atom is -0.469 e. The summed E-state index contributed by atoms with van der Waals surface area (Å²) in [7, 11) is 0. The van der Waals surface area contributed by atoms with Gasteiger partial charge in [0.25, 0.3) is 5.78 Å². The number of aromatic amines is 1. The molecular weight excluding hydrogens is 301 g/mol. The van der Waals surface area contributed by atoms with E-state index in [9.17, 15) is 14.0 Å². The molecule has 0 bridgehead atoms. The zero-order valence-electron chi connectivity index (χ0n) is 12.0. The first-order valence-electron chi connectivity index (χ1n) is 6.86. The summed E-state index contributed by atoms with van der Waals surface area (Å²) in [5.74, 6) is -1.38. The lowest BCUT2D eigenvalue weighted by molar-refractivity contribution is -0.114. The summed E-state index contributed by atoms with van der Waals surface area (Å²) in [6.45, 7) is 0. The number of nitrogens with one attached hydrogen (secondary N) is 1. The molecule has 0 unspecified atom stereocenters. The molecule has 0 saturated carbocycles. The van der Waals surface area contributed by atoms with Gasteiger partial charge in [0.2, 0.25) is 11.6 Å². The molecule has 0 spiro atoms. The van der Waals surface area contributed by atoms with Crippen molar-refractivity contribution in [3.63, 3.8) is 0 Å². The van der Waals surface area contributed by atoms with Crippen molar-refractivity contribution in [2.75, 3.05) is 0 Å². The number of carbonyl (C=O) groups is 2. The topological polar surface area (TPSA) is 88.9 Å². The van der Waals surface area contributed by atoms with Gasteiger partial charge >= 0.3 is 0 Å². The molecule has 0 atom stereocenters. The van der Waals surface area contributed by atoms with Crippen LogP contribution in [0.1, 0.15) is 27.5 Å². The van der Waals surface area contributed by atoms with E-state index in [2.05, 4.69) is 15.2 Å². The molecule has 0 aliphatic heterocycles. The highest BCUT2D eigenvalue weighted by molar-refractivity contribution is 6.43. The summed E-state index contributed by atoms with van der Waals surface area (Å²) in [6, 6.07) is 7.73.